The molecule has 2 aromatic carbocycles. The normalized spacial score (nSPS) is 10.6. The lowest BCUT2D eigenvalue weighted by Crippen LogP contribution is -2.35. The average molecular weight is 415 g/mol. The highest BCUT2D eigenvalue weighted by molar-refractivity contribution is 5.88. The molecule has 0 atom stereocenters. The molecule has 9 heteroatoms. The predicted molar refractivity (Wildman–Crippen MR) is 117 cm³/mol. The summed E-state index contributed by atoms with van der Waals surface area (Å²) in [6.45, 7) is 1.78. The second kappa shape index (κ2) is 8.95. The summed E-state index contributed by atoms with van der Waals surface area (Å²) in [6, 6.07) is 20.8. The Morgan fingerprint density at radius 3 is 2.16 bits per heavy atom. The summed E-state index contributed by atoms with van der Waals surface area (Å²) in [5.74, 6) is 0.944. The highest BCUT2D eigenvalue weighted by atomic mass is 16.5. The van der Waals surface area contributed by atoms with Crippen molar-refractivity contribution < 1.29 is 9.32 Å². The van der Waals surface area contributed by atoms with Gasteiger partial charge < -0.3 is 15.6 Å². The van der Waals surface area contributed by atoms with Crippen molar-refractivity contribution >= 4 is 29.0 Å². The number of nitrogens with zero attached hydrogens (tertiary/aromatic N) is 3. The van der Waals surface area contributed by atoms with Gasteiger partial charge in [0.15, 0.2) is 17.5 Å². The van der Waals surface area contributed by atoms with Gasteiger partial charge >= 0.3 is 0 Å². The van der Waals surface area contributed by atoms with E-state index in [1.165, 1.54) is 6.33 Å². The maximum absolute atomic E-state index is 13.1. The summed E-state index contributed by atoms with van der Waals surface area (Å²) in [7, 11) is 0. The summed E-state index contributed by atoms with van der Waals surface area (Å²) in [4.78, 5) is 21.3. The number of carbonyl (C=O) groups excluding carboxylic acids is 1. The van der Waals surface area contributed by atoms with Gasteiger partial charge in [0, 0.05) is 6.07 Å². The standard InChI is InChI=1S/C22H21N7O2/c1-14-12-17(29-31-14)26-20-19(23)21(25-13-24-20)27-28-22(30)18(15-8-4-2-5-9-15)16-10-6-3-7-11-16/h2-13,18H,23H2,1H3,(H,28,30)(H2,24,25,26,27,29). The van der Waals surface area contributed by atoms with E-state index < -0.39 is 5.92 Å². The molecule has 2 aromatic heterocycles. The number of carbonyl (C=O) groups is 1. The Morgan fingerprint density at radius 1 is 0.968 bits per heavy atom. The fourth-order valence-electron chi connectivity index (χ4n) is 3.12. The molecule has 5 N–H and O–H groups in total. The molecule has 0 aliphatic carbocycles. The summed E-state index contributed by atoms with van der Waals surface area (Å²) in [6.07, 6.45) is 1.33. The lowest BCUT2D eigenvalue weighted by molar-refractivity contribution is -0.121. The number of hydrazine groups is 1. The van der Waals surface area contributed by atoms with Crippen LogP contribution in [-0.4, -0.2) is 21.0 Å². The maximum atomic E-state index is 13.1. The van der Waals surface area contributed by atoms with Crippen LogP contribution in [0.3, 0.4) is 0 Å². The van der Waals surface area contributed by atoms with Gasteiger partial charge in [0.2, 0.25) is 5.91 Å². The predicted octanol–water partition coefficient (Wildman–Crippen LogP) is 3.37. The van der Waals surface area contributed by atoms with Gasteiger partial charge in [-0.2, -0.15) is 0 Å². The number of amides is 1. The number of nitrogens with two attached hydrogens (primary N) is 1. The van der Waals surface area contributed by atoms with Crippen LogP contribution in [0.1, 0.15) is 22.8 Å². The third-order valence-corrected chi connectivity index (χ3v) is 4.59. The minimum Gasteiger partial charge on any atom is -0.393 e. The number of aromatic nitrogens is 3. The third kappa shape index (κ3) is 4.61. The van der Waals surface area contributed by atoms with Gasteiger partial charge in [-0.05, 0) is 18.1 Å². The molecule has 0 spiro atoms. The van der Waals surface area contributed by atoms with Crippen LogP contribution in [0.15, 0.2) is 77.6 Å². The molecule has 0 aliphatic rings. The number of hydrogen-bond donors (Lipinski definition) is 4. The Bertz CT molecular complexity index is 1120. The van der Waals surface area contributed by atoms with Crippen molar-refractivity contribution in [3.63, 3.8) is 0 Å². The number of nitrogens with one attached hydrogen (secondary N) is 3. The number of benzene rings is 2. The molecule has 0 saturated carbocycles. The first-order chi connectivity index (χ1) is 15.1. The molecule has 9 nitrogen and oxygen atoms in total. The molecule has 0 unspecified atom stereocenters. The number of nitrogen functional groups attached to an aromatic ring is 1. The van der Waals surface area contributed by atoms with E-state index in [1.807, 2.05) is 60.7 Å². The van der Waals surface area contributed by atoms with Crippen molar-refractivity contribution in [2.45, 2.75) is 12.8 Å². The van der Waals surface area contributed by atoms with Gasteiger partial charge in [0.05, 0.1) is 5.92 Å². The zero-order valence-corrected chi connectivity index (χ0v) is 16.7. The molecule has 0 radical (unpaired) electrons. The van der Waals surface area contributed by atoms with E-state index in [9.17, 15) is 4.79 Å². The maximum Gasteiger partial charge on any atom is 0.250 e. The van der Waals surface area contributed by atoms with E-state index >= 15 is 0 Å². The molecular formula is C22H21N7O2. The van der Waals surface area contributed by atoms with Crippen molar-refractivity contribution in [1.29, 1.82) is 0 Å². The Balaban J connectivity index is 1.52. The SMILES string of the molecule is Cc1cc(Nc2ncnc(NNC(=O)C(c3ccccc3)c3ccccc3)c2N)no1. The largest absolute Gasteiger partial charge is 0.393 e. The first-order valence-electron chi connectivity index (χ1n) is 9.58. The highest BCUT2D eigenvalue weighted by Gasteiger charge is 2.23. The summed E-state index contributed by atoms with van der Waals surface area (Å²) < 4.78 is 5.03. The minimum atomic E-state index is -0.506. The van der Waals surface area contributed by atoms with E-state index in [2.05, 4.69) is 31.3 Å². The average Bonchev–Trinajstić information content (AvgIpc) is 3.20. The van der Waals surface area contributed by atoms with Gasteiger partial charge in [0.25, 0.3) is 0 Å². The fourth-order valence-corrected chi connectivity index (χ4v) is 3.12. The molecule has 156 valence electrons. The van der Waals surface area contributed by atoms with E-state index in [-0.39, 0.29) is 17.4 Å². The lowest BCUT2D eigenvalue weighted by Gasteiger charge is -2.19. The van der Waals surface area contributed by atoms with Crippen LogP contribution >= 0.6 is 0 Å². The van der Waals surface area contributed by atoms with Gasteiger partial charge in [0.1, 0.15) is 17.8 Å². The number of aryl methyl sites for hydroxylation is 1. The number of hydrogen-bond acceptors (Lipinski definition) is 8. The quantitative estimate of drug-likeness (QED) is 0.338. The number of anilines is 4. The third-order valence-electron chi connectivity index (χ3n) is 4.59. The van der Waals surface area contributed by atoms with E-state index in [4.69, 9.17) is 10.3 Å². The Morgan fingerprint density at radius 2 is 1.58 bits per heavy atom. The Hall–Kier alpha value is -4.40. The van der Waals surface area contributed by atoms with Crippen molar-refractivity contribution in [2.24, 2.45) is 0 Å². The molecule has 1 amide bonds. The zero-order valence-electron chi connectivity index (χ0n) is 16.7. The summed E-state index contributed by atoms with van der Waals surface area (Å²) in [5.41, 5.74) is 13.6. The van der Waals surface area contributed by atoms with Gasteiger partial charge in [-0.3, -0.25) is 15.6 Å². The van der Waals surface area contributed by atoms with Gasteiger partial charge in [-0.1, -0.05) is 65.8 Å². The monoisotopic (exact) mass is 415 g/mol. The Kier molecular flexibility index (Phi) is 5.75. The zero-order chi connectivity index (χ0) is 21.6. The van der Waals surface area contributed by atoms with Crippen LogP contribution in [0, 0.1) is 6.92 Å². The fraction of sp³-hybridized carbons (Fsp3) is 0.0909. The lowest BCUT2D eigenvalue weighted by atomic mass is 9.91. The van der Waals surface area contributed by atoms with Crippen molar-refractivity contribution in [3.8, 4) is 0 Å². The minimum absolute atomic E-state index is 0.222. The van der Waals surface area contributed by atoms with Crippen molar-refractivity contribution in [3.05, 3.63) is 89.9 Å². The van der Waals surface area contributed by atoms with Crippen LogP contribution < -0.4 is 21.9 Å². The van der Waals surface area contributed by atoms with Crippen LogP contribution in [0.2, 0.25) is 0 Å². The van der Waals surface area contributed by atoms with E-state index in [0.29, 0.717) is 17.4 Å². The van der Waals surface area contributed by atoms with Gasteiger partial charge in [-0.25, -0.2) is 9.97 Å². The number of rotatable bonds is 7. The topological polar surface area (TPSA) is 131 Å². The second-order valence-corrected chi connectivity index (χ2v) is 6.80. The summed E-state index contributed by atoms with van der Waals surface area (Å²) in [5, 5.41) is 6.82. The Labute approximate surface area is 178 Å². The molecule has 0 bridgehead atoms. The van der Waals surface area contributed by atoms with Crippen LogP contribution in [0.25, 0.3) is 0 Å². The molecule has 4 rings (SSSR count). The molecular weight excluding hydrogens is 394 g/mol. The second-order valence-electron chi connectivity index (χ2n) is 6.80. The first kappa shape index (κ1) is 19.9. The van der Waals surface area contributed by atoms with E-state index in [1.54, 1.807) is 13.0 Å². The smallest absolute Gasteiger partial charge is 0.250 e. The highest BCUT2D eigenvalue weighted by Crippen LogP contribution is 2.27. The molecule has 4 aromatic rings. The molecule has 0 saturated heterocycles. The first-order valence-corrected chi connectivity index (χ1v) is 9.58. The van der Waals surface area contributed by atoms with Crippen molar-refractivity contribution in [2.75, 3.05) is 16.5 Å². The van der Waals surface area contributed by atoms with Crippen LogP contribution in [0.5, 0.6) is 0 Å². The van der Waals surface area contributed by atoms with E-state index in [0.717, 1.165) is 11.1 Å². The molecule has 2 heterocycles. The molecule has 31 heavy (non-hydrogen) atoms. The van der Waals surface area contributed by atoms with Gasteiger partial charge in [-0.15, -0.1) is 0 Å². The molecule has 0 fully saturated rings. The summed E-state index contributed by atoms with van der Waals surface area (Å²) >= 11 is 0. The molecule has 0 aliphatic heterocycles. The van der Waals surface area contributed by atoms with Crippen LogP contribution in [-0.2, 0) is 4.79 Å². The van der Waals surface area contributed by atoms with Crippen LogP contribution in [0.4, 0.5) is 23.1 Å². The van der Waals surface area contributed by atoms with Crippen molar-refractivity contribution in [1.82, 2.24) is 20.6 Å².